The van der Waals surface area contributed by atoms with Crippen molar-refractivity contribution in [3.05, 3.63) is 40.7 Å². The normalized spacial score (nSPS) is 10.6. The van der Waals surface area contributed by atoms with Gasteiger partial charge in [0.15, 0.2) is 0 Å². The van der Waals surface area contributed by atoms with Gasteiger partial charge in [0.1, 0.15) is 0 Å². The predicted molar refractivity (Wildman–Crippen MR) is 80.8 cm³/mol. The molecule has 0 aliphatic heterocycles. The number of hydrogen-bond donors (Lipinski definition) is 2. The molecule has 1 amide bonds. The van der Waals surface area contributed by atoms with Crippen LogP contribution in [0.25, 0.3) is 0 Å². The molecule has 0 radical (unpaired) electrons. The summed E-state index contributed by atoms with van der Waals surface area (Å²) in [5.74, 6) is -0.0675. The highest BCUT2D eigenvalue weighted by Crippen LogP contribution is 2.18. The number of nitrogens with two attached hydrogens (primary N) is 1. The smallest absolute Gasteiger partial charge is 0.226 e. The van der Waals surface area contributed by atoms with Crippen molar-refractivity contribution >= 4 is 28.9 Å². The summed E-state index contributed by atoms with van der Waals surface area (Å²) in [5.41, 5.74) is 8.84. The first-order valence-corrected chi connectivity index (χ1v) is 6.69. The Balaban J connectivity index is 1.92. The molecule has 0 bridgehead atoms. The summed E-state index contributed by atoms with van der Waals surface area (Å²) in [6.45, 7) is 4.23. The molecule has 0 unspecified atom stereocenters. The lowest BCUT2D eigenvalue weighted by atomic mass is 10.2. The number of anilines is 2. The van der Waals surface area contributed by atoms with Crippen LogP contribution in [0, 0.1) is 13.8 Å². The van der Waals surface area contributed by atoms with Crippen LogP contribution in [-0.2, 0) is 11.3 Å². The number of rotatable bonds is 4. The second-order valence-corrected chi connectivity index (χ2v) is 5.11. The Morgan fingerprint density at radius 3 is 2.80 bits per heavy atom. The van der Waals surface area contributed by atoms with Gasteiger partial charge in [-0.1, -0.05) is 11.6 Å². The van der Waals surface area contributed by atoms with Crippen molar-refractivity contribution in [2.45, 2.75) is 26.8 Å². The van der Waals surface area contributed by atoms with Gasteiger partial charge in [0.2, 0.25) is 5.91 Å². The summed E-state index contributed by atoms with van der Waals surface area (Å²) in [4.78, 5) is 11.9. The number of amides is 1. The molecular formula is C14H17ClN4O. The molecule has 1 heterocycles. The van der Waals surface area contributed by atoms with E-state index in [2.05, 4.69) is 10.4 Å². The molecule has 0 saturated heterocycles. The Labute approximate surface area is 122 Å². The van der Waals surface area contributed by atoms with Gasteiger partial charge in [-0.05, 0) is 37.6 Å². The van der Waals surface area contributed by atoms with E-state index in [0.29, 0.717) is 23.7 Å². The van der Waals surface area contributed by atoms with Crippen LogP contribution < -0.4 is 11.1 Å². The topological polar surface area (TPSA) is 72.9 Å². The average Bonchev–Trinajstić information content (AvgIpc) is 2.70. The van der Waals surface area contributed by atoms with Crippen LogP contribution in [0.1, 0.15) is 17.7 Å². The van der Waals surface area contributed by atoms with Crippen LogP contribution in [0.5, 0.6) is 0 Å². The van der Waals surface area contributed by atoms with Crippen molar-refractivity contribution in [2.75, 3.05) is 11.1 Å². The fourth-order valence-corrected chi connectivity index (χ4v) is 2.01. The highest BCUT2D eigenvalue weighted by atomic mass is 35.5. The molecule has 1 aromatic heterocycles. The standard InChI is InChI=1S/C14H17ClN4O/c1-9-7-11(16)3-4-13(9)17-14(20)5-6-19-8-12(15)10(2)18-19/h3-4,7-8H,5-6,16H2,1-2H3,(H,17,20). The third kappa shape index (κ3) is 3.51. The van der Waals surface area contributed by atoms with Crippen molar-refractivity contribution in [3.63, 3.8) is 0 Å². The molecule has 2 rings (SSSR count). The van der Waals surface area contributed by atoms with Gasteiger partial charge in [0.05, 0.1) is 10.7 Å². The zero-order valence-corrected chi connectivity index (χ0v) is 12.2. The van der Waals surface area contributed by atoms with E-state index in [4.69, 9.17) is 17.3 Å². The highest BCUT2D eigenvalue weighted by molar-refractivity contribution is 6.31. The van der Waals surface area contributed by atoms with E-state index < -0.39 is 0 Å². The molecule has 0 spiro atoms. The van der Waals surface area contributed by atoms with Gasteiger partial charge >= 0.3 is 0 Å². The van der Waals surface area contributed by atoms with Gasteiger partial charge in [0, 0.05) is 30.5 Å². The minimum Gasteiger partial charge on any atom is -0.399 e. The summed E-state index contributed by atoms with van der Waals surface area (Å²) >= 11 is 5.91. The minimum atomic E-state index is -0.0675. The Kier molecular flexibility index (Phi) is 4.29. The molecule has 0 aliphatic rings. The number of nitrogen functional groups attached to an aromatic ring is 1. The second-order valence-electron chi connectivity index (χ2n) is 4.70. The molecular weight excluding hydrogens is 276 g/mol. The third-order valence-corrected chi connectivity index (χ3v) is 3.35. The summed E-state index contributed by atoms with van der Waals surface area (Å²) in [7, 11) is 0. The number of aryl methyl sites for hydroxylation is 3. The first-order valence-electron chi connectivity index (χ1n) is 6.31. The van der Waals surface area contributed by atoms with Crippen LogP contribution in [0.2, 0.25) is 5.02 Å². The van der Waals surface area contributed by atoms with Crippen molar-refractivity contribution in [3.8, 4) is 0 Å². The number of halogens is 1. The van der Waals surface area contributed by atoms with E-state index in [1.807, 2.05) is 19.9 Å². The Bertz CT molecular complexity index is 617. The molecule has 0 atom stereocenters. The highest BCUT2D eigenvalue weighted by Gasteiger charge is 2.07. The van der Waals surface area contributed by atoms with Crippen molar-refractivity contribution in [2.24, 2.45) is 0 Å². The van der Waals surface area contributed by atoms with Gasteiger partial charge in [-0.15, -0.1) is 0 Å². The molecule has 5 nitrogen and oxygen atoms in total. The third-order valence-electron chi connectivity index (χ3n) is 2.98. The van der Waals surface area contributed by atoms with E-state index >= 15 is 0 Å². The fraction of sp³-hybridized carbons (Fsp3) is 0.286. The number of carbonyl (C=O) groups excluding carboxylic acids is 1. The van der Waals surface area contributed by atoms with Crippen LogP contribution in [0.15, 0.2) is 24.4 Å². The molecule has 106 valence electrons. The van der Waals surface area contributed by atoms with Crippen LogP contribution in [-0.4, -0.2) is 15.7 Å². The number of aromatic nitrogens is 2. The molecule has 0 saturated carbocycles. The lowest BCUT2D eigenvalue weighted by Crippen LogP contribution is -2.15. The average molecular weight is 293 g/mol. The number of benzene rings is 1. The molecule has 3 N–H and O–H groups in total. The second kappa shape index (κ2) is 5.96. The Morgan fingerprint density at radius 1 is 1.45 bits per heavy atom. The Morgan fingerprint density at radius 2 is 2.20 bits per heavy atom. The zero-order chi connectivity index (χ0) is 14.7. The van der Waals surface area contributed by atoms with E-state index in [-0.39, 0.29) is 5.91 Å². The Hall–Kier alpha value is -2.01. The van der Waals surface area contributed by atoms with Crippen molar-refractivity contribution in [1.82, 2.24) is 9.78 Å². The fourth-order valence-electron chi connectivity index (χ4n) is 1.86. The maximum Gasteiger partial charge on any atom is 0.226 e. The molecule has 6 heteroatoms. The van der Waals surface area contributed by atoms with Crippen LogP contribution in [0.3, 0.4) is 0 Å². The first-order chi connectivity index (χ1) is 9.45. The van der Waals surface area contributed by atoms with Gasteiger partial charge in [-0.3, -0.25) is 9.48 Å². The summed E-state index contributed by atoms with van der Waals surface area (Å²) in [6, 6.07) is 5.39. The van der Waals surface area contributed by atoms with Gasteiger partial charge < -0.3 is 11.1 Å². The largest absolute Gasteiger partial charge is 0.399 e. The van der Waals surface area contributed by atoms with Crippen molar-refractivity contribution in [1.29, 1.82) is 0 Å². The van der Waals surface area contributed by atoms with Crippen LogP contribution in [0.4, 0.5) is 11.4 Å². The monoisotopic (exact) mass is 292 g/mol. The molecule has 2 aromatic rings. The SMILES string of the molecule is Cc1cc(N)ccc1NC(=O)CCn1cc(Cl)c(C)n1. The van der Waals surface area contributed by atoms with E-state index in [1.165, 1.54) is 0 Å². The molecule has 1 aromatic carbocycles. The lowest BCUT2D eigenvalue weighted by Gasteiger charge is -2.09. The minimum absolute atomic E-state index is 0.0675. The lowest BCUT2D eigenvalue weighted by molar-refractivity contribution is -0.116. The predicted octanol–water partition coefficient (Wildman–Crippen LogP) is 2.76. The summed E-state index contributed by atoms with van der Waals surface area (Å²) < 4.78 is 1.67. The zero-order valence-electron chi connectivity index (χ0n) is 11.5. The maximum atomic E-state index is 11.9. The van der Waals surface area contributed by atoms with E-state index in [1.54, 1.807) is 23.0 Å². The van der Waals surface area contributed by atoms with E-state index in [9.17, 15) is 4.79 Å². The summed E-state index contributed by atoms with van der Waals surface area (Å²) in [6.07, 6.45) is 2.06. The number of nitrogens with one attached hydrogen (secondary N) is 1. The quantitative estimate of drug-likeness (QED) is 0.851. The summed E-state index contributed by atoms with van der Waals surface area (Å²) in [5, 5.41) is 7.68. The van der Waals surface area contributed by atoms with Gasteiger partial charge in [-0.25, -0.2) is 0 Å². The molecule has 0 fully saturated rings. The molecule has 20 heavy (non-hydrogen) atoms. The van der Waals surface area contributed by atoms with Gasteiger partial charge in [-0.2, -0.15) is 5.10 Å². The first kappa shape index (κ1) is 14.4. The molecule has 0 aliphatic carbocycles. The van der Waals surface area contributed by atoms with Gasteiger partial charge in [0.25, 0.3) is 0 Å². The van der Waals surface area contributed by atoms with E-state index in [0.717, 1.165) is 16.9 Å². The number of hydrogen-bond acceptors (Lipinski definition) is 3. The van der Waals surface area contributed by atoms with Crippen LogP contribution >= 0.6 is 11.6 Å². The number of nitrogens with zero attached hydrogens (tertiary/aromatic N) is 2. The number of carbonyl (C=O) groups is 1. The van der Waals surface area contributed by atoms with Crippen molar-refractivity contribution < 1.29 is 4.79 Å². The maximum absolute atomic E-state index is 11.9.